The lowest BCUT2D eigenvalue weighted by molar-refractivity contribution is 0.305. The molecule has 2 rings (SSSR count). The highest BCUT2D eigenvalue weighted by atomic mass is 35.5. The standard InChI is InChI=1S/C13H14Cl5NS/c1-19(7-5-3-2-4-6-7)20-13-11(17)9(15)8(14)10(16)12(13)18/h7H,2-6H2,1H3. The van der Waals surface area contributed by atoms with Crippen LogP contribution >= 0.6 is 70.0 Å². The third-order valence-electron chi connectivity index (χ3n) is 3.49. The minimum absolute atomic E-state index is 0.202. The van der Waals surface area contributed by atoms with Crippen LogP contribution in [-0.4, -0.2) is 17.4 Å². The summed E-state index contributed by atoms with van der Waals surface area (Å²) in [5.74, 6) is 0. The van der Waals surface area contributed by atoms with E-state index in [0.29, 0.717) is 21.0 Å². The number of rotatable bonds is 3. The number of hydrogen-bond donors (Lipinski definition) is 0. The van der Waals surface area contributed by atoms with Gasteiger partial charge in [-0.3, -0.25) is 0 Å². The van der Waals surface area contributed by atoms with Crippen molar-refractivity contribution in [3.63, 3.8) is 0 Å². The molecule has 7 heteroatoms. The Kier molecular flexibility index (Phi) is 6.50. The van der Waals surface area contributed by atoms with Crippen molar-refractivity contribution in [1.82, 2.24) is 4.31 Å². The summed E-state index contributed by atoms with van der Waals surface area (Å²) in [6.45, 7) is 0. The number of benzene rings is 1. The van der Waals surface area contributed by atoms with Crippen molar-refractivity contribution in [1.29, 1.82) is 0 Å². The molecular weight excluding hydrogens is 379 g/mol. The molecule has 0 heterocycles. The van der Waals surface area contributed by atoms with E-state index in [1.54, 1.807) is 0 Å². The summed E-state index contributed by atoms with van der Waals surface area (Å²) < 4.78 is 2.19. The van der Waals surface area contributed by atoms with E-state index in [2.05, 4.69) is 4.31 Å². The first-order valence-electron chi connectivity index (χ1n) is 6.35. The van der Waals surface area contributed by atoms with Gasteiger partial charge in [0.1, 0.15) is 0 Å². The van der Waals surface area contributed by atoms with Crippen LogP contribution in [-0.2, 0) is 0 Å². The van der Waals surface area contributed by atoms with Crippen LogP contribution in [0.3, 0.4) is 0 Å². The lowest BCUT2D eigenvalue weighted by Crippen LogP contribution is -2.27. The van der Waals surface area contributed by atoms with Gasteiger partial charge < -0.3 is 0 Å². The zero-order chi connectivity index (χ0) is 14.9. The summed E-state index contributed by atoms with van der Waals surface area (Å²) >= 11 is 32.2. The first-order valence-corrected chi connectivity index (χ1v) is 9.02. The van der Waals surface area contributed by atoms with E-state index in [1.807, 2.05) is 7.05 Å². The molecule has 0 saturated heterocycles. The van der Waals surface area contributed by atoms with Crippen molar-refractivity contribution in [3.05, 3.63) is 25.1 Å². The molecule has 1 aromatic rings. The molecular formula is C13H14Cl5NS. The second kappa shape index (κ2) is 7.50. The van der Waals surface area contributed by atoms with Crippen LogP contribution in [0.4, 0.5) is 0 Å². The first kappa shape index (κ1) is 17.3. The average molecular weight is 394 g/mol. The van der Waals surface area contributed by atoms with Crippen molar-refractivity contribution in [3.8, 4) is 0 Å². The third kappa shape index (κ3) is 3.65. The molecule has 112 valence electrons. The molecule has 1 aromatic carbocycles. The predicted octanol–water partition coefficient (Wildman–Crippen LogP) is 7.23. The molecule has 1 saturated carbocycles. The summed E-state index contributed by atoms with van der Waals surface area (Å²) in [4.78, 5) is 0.667. The van der Waals surface area contributed by atoms with Gasteiger partial charge in [0.25, 0.3) is 0 Å². The number of hydrogen-bond acceptors (Lipinski definition) is 2. The molecule has 20 heavy (non-hydrogen) atoms. The molecule has 0 aliphatic heterocycles. The van der Waals surface area contributed by atoms with E-state index >= 15 is 0 Å². The number of halogens is 5. The van der Waals surface area contributed by atoms with Crippen molar-refractivity contribution in [2.45, 2.75) is 43.0 Å². The van der Waals surface area contributed by atoms with Crippen molar-refractivity contribution in [2.24, 2.45) is 0 Å². The summed E-state index contributed by atoms with van der Waals surface area (Å²) in [5, 5.41) is 1.43. The van der Waals surface area contributed by atoms with Crippen LogP contribution < -0.4 is 0 Å². The highest BCUT2D eigenvalue weighted by Crippen LogP contribution is 2.48. The second-order valence-corrected chi connectivity index (χ2v) is 7.88. The zero-order valence-corrected chi connectivity index (χ0v) is 15.5. The van der Waals surface area contributed by atoms with Gasteiger partial charge in [-0.05, 0) is 31.8 Å². The molecule has 1 fully saturated rings. The van der Waals surface area contributed by atoms with E-state index in [9.17, 15) is 0 Å². The molecule has 0 atom stereocenters. The minimum atomic E-state index is 0.202. The molecule has 0 N–H and O–H groups in total. The molecule has 0 radical (unpaired) electrons. The van der Waals surface area contributed by atoms with Gasteiger partial charge >= 0.3 is 0 Å². The van der Waals surface area contributed by atoms with Gasteiger partial charge in [-0.2, -0.15) is 0 Å². The van der Waals surface area contributed by atoms with Crippen LogP contribution in [0.1, 0.15) is 32.1 Å². The van der Waals surface area contributed by atoms with Crippen LogP contribution in [0.25, 0.3) is 0 Å². The highest BCUT2D eigenvalue weighted by Gasteiger charge is 2.24. The van der Waals surface area contributed by atoms with E-state index in [0.717, 1.165) is 0 Å². The SMILES string of the molecule is CN(Sc1c(Cl)c(Cl)c(Cl)c(Cl)c1Cl)C1CCCCC1. The van der Waals surface area contributed by atoms with E-state index in [4.69, 9.17) is 58.0 Å². The minimum Gasteiger partial charge on any atom is -0.246 e. The van der Waals surface area contributed by atoms with Crippen LogP contribution in [0.2, 0.25) is 25.1 Å². The normalized spacial score (nSPS) is 16.9. The maximum Gasteiger partial charge on any atom is 0.0809 e. The number of nitrogens with zero attached hydrogens (tertiary/aromatic N) is 1. The summed E-state index contributed by atoms with van der Waals surface area (Å²) in [6.07, 6.45) is 6.22. The van der Waals surface area contributed by atoms with Crippen molar-refractivity contribution in [2.75, 3.05) is 7.05 Å². The topological polar surface area (TPSA) is 3.24 Å². The van der Waals surface area contributed by atoms with Crippen LogP contribution in [0.5, 0.6) is 0 Å². The molecule has 0 aromatic heterocycles. The molecule has 1 aliphatic rings. The Labute approximate surface area is 149 Å². The fourth-order valence-corrected chi connectivity index (χ4v) is 4.80. The predicted molar refractivity (Wildman–Crippen MR) is 92.0 cm³/mol. The third-order valence-corrected chi connectivity index (χ3v) is 7.17. The van der Waals surface area contributed by atoms with Gasteiger partial charge in [0.05, 0.1) is 30.0 Å². The van der Waals surface area contributed by atoms with Gasteiger partial charge in [0.2, 0.25) is 0 Å². The van der Waals surface area contributed by atoms with E-state index in [1.165, 1.54) is 44.1 Å². The Morgan fingerprint density at radius 2 is 1.25 bits per heavy atom. The molecule has 0 spiro atoms. The molecule has 1 nitrogen and oxygen atoms in total. The fourth-order valence-electron chi connectivity index (χ4n) is 2.33. The first-order chi connectivity index (χ1) is 9.43. The van der Waals surface area contributed by atoms with Crippen molar-refractivity contribution >= 4 is 70.0 Å². The molecule has 1 aliphatic carbocycles. The molecule has 0 amide bonds. The maximum absolute atomic E-state index is 6.25. The Balaban J connectivity index is 2.24. The summed E-state index contributed by atoms with van der Waals surface area (Å²) in [5.41, 5.74) is 0. The Bertz CT molecular complexity index is 473. The zero-order valence-electron chi connectivity index (χ0n) is 10.9. The summed E-state index contributed by atoms with van der Waals surface area (Å²) in [6, 6.07) is 0.522. The van der Waals surface area contributed by atoms with Crippen LogP contribution in [0.15, 0.2) is 4.90 Å². The van der Waals surface area contributed by atoms with E-state index < -0.39 is 0 Å². The lowest BCUT2D eigenvalue weighted by Gasteiger charge is -2.30. The molecule has 0 unspecified atom stereocenters. The second-order valence-electron chi connectivity index (χ2n) is 4.83. The van der Waals surface area contributed by atoms with Gasteiger partial charge in [0, 0.05) is 6.04 Å². The average Bonchev–Trinajstić information content (AvgIpc) is 2.48. The van der Waals surface area contributed by atoms with Gasteiger partial charge in [-0.15, -0.1) is 0 Å². The highest BCUT2D eigenvalue weighted by molar-refractivity contribution is 7.97. The Morgan fingerprint density at radius 3 is 1.75 bits per heavy atom. The van der Waals surface area contributed by atoms with Crippen LogP contribution in [0, 0.1) is 0 Å². The fraction of sp³-hybridized carbons (Fsp3) is 0.538. The Hall–Kier alpha value is 0.980. The quantitative estimate of drug-likeness (QED) is 0.303. The monoisotopic (exact) mass is 391 g/mol. The van der Waals surface area contributed by atoms with Gasteiger partial charge in [-0.25, -0.2) is 4.31 Å². The lowest BCUT2D eigenvalue weighted by atomic mass is 9.96. The van der Waals surface area contributed by atoms with Crippen molar-refractivity contribution < 1.29 is 0 Å². The Morgan fingerprint density at radius 1 is 0.800 bits per heavy atom. The largest absolute Gasteiger partial charge is 0.246 e. The molecule has 0 bridgehead atoms. The van der Waals surface area contributed by atoms with Gasteiger partial charge in [-0.1, -0.05) is 77.3 Å². The van der Waals surface area contributed by atoms with Gasteiger partial charge in [0.15, 0.2) is 0 Å². The smallest absolute Gasteiger partial charge is 0.0809 e. The summed E-state index contributed by atoms with van der Waals surface area (Å²) in [7, 11) is 2.05. The maximum atomic E-state index is 6.25. The van der Waals surface area contributed by atoms with E-state index in [-0.39, 0.29) is 15.1 Å².